The number of rotatable bonds is 1. The lowest BCUT2D eigenvalue weighted by Gasteiger charge is -2.17. The molecule has 0 aliphatic rings. The van der Waals surface area contributed by atoms with Crippen molar-refractivity contribution < 1.29 is 0 Å². The van der Waals surface area contributed by atoms with Crippen LogP contribution in [0.3, 0.4) is 0 Å². The van der Waals surface area contributed by atoms with E-state index < -0.39 is 0 Å². The van der Waals surface area contributed by atoms with Gasteiger partial charge in [-0.2, -0.15) is 0 Å². The first-order valence-corrected chi connectivity index (χ1v) is 5.76. The molecule has 0 unspecified atom stereocenters. The minimum absolute atomic E-state index is 0.317. The molecule has 2 heteroatoms. The highest BCUT2D eigenvalue weighted by atomic mass is 32.1. The third kappa shape index (κ3) is 2.13. The van der Waals surface area contributed by atoms with E-state index in [0.29, 0.717) is 5.41 Å². The van der Waals surface area contributed by atoms with Gasteiger partial charge in [0, 0.05) is 11.1 Å². The maximum absolute atomic E-state index is 4.64. The van der Waals surface area contributed by atoms with Crippen LogP contribution in [0.4, 0.5) is 0 Å². The number of aromatic nitrogens is 1. The van der Waals surface area contributed by atoms with E-state index in [9.17, 15) is 0 Å². The molecule has 0 bridgehead atoms. The van der Waals surface area contributed by atoms with Crippen molar-refractivity contribution in [3.05, 3.63) is 29.3 Å². The van der Waals surface area contributed by atoms with E-state index in [4.69, 9.17) is 0 Å². The van der Waals surface area contributed by atoms with Crippen molar-refractivity contribution in [1.29, 1.82) is 0 Å². The van der Waals surface area contributed by atoms with Gasteiger partial charge in [-0.15, -0.1) is 11.3 Å². The largest absolute Gasteiger partial charge is 0.242 e. The summed E-state index contributed by atoms with van der Waals surface area (Å²) >= 11 is 1.72. The molecule has 2 aromatic heterocycles. The third-order valence-corrected chi connectivity index (χ3v) is 2.91. The number of hydrogen-bond acceptors (Lipinski definition) is 2. The van der Waals surface area contributed by atoms with Crippen LogP contribution in [0.5, 0.6) is 0 Å². The maximum Gasteiger partial charge on any atom is 0.123 e. The molecule has 0 aromatic carbocycles. The van der Waals surface area contributed by atoms with Gasteiger partial charge in [0.2, 0.25) is 0 Å². The predicted octanol–water partition coefficient (Wildman–Crippen LogP) is 3.88. The van der Waals surface area contributed by atoms with Crippen molar-refractivity contribution in [3.8, 4) is 0 Å². The molecule has 0 radical (unpaired) electrons. The molecule has 0 N–H and O–H groups in total. The zero-order valence-electron chi connectivity index (χ0n) is 8.87. The van der Waals surface area contributed by atoms with Gasteiger partial charge in [-0.05, 0) is 29.3 Å². The Kier molecular flexibility index (Phi) is 2.31. The third-order valence-electron chi connectivity index (χ3n) is 2.09. The molecule has 0 saturated carbocycles. The number of hydrogen-bond donors (Lipinski definition) is 0. The summed E-state index contributed by atoms with van der Waals surface area (Å²) in [5.74, 6) is 0. The van der Waals surface area contributed by atoms with E-state index in [1.165, 1.54) is 11.1 Å². The fourth-order valence-corrected chi connectivity index (χ4v) is 2.31. The van der Waals surface area contributed by atoms with Crippen LogP contribution in [0.25, 0.3) is 10.2 Å². The number of fused-ring (bicyclic) bond motifs is 1. The second kappa shape index (κ2) is 3.35. The molecule has 1 nitrogen and oxygen atoms in total. The van der Waals surface area contributed by atoms with Crippen LogP contribution < -0.4 is 0 Å². The van der Waals surface area contributed by atoms with E-state index in [2.05, 4.69) is 49.3 Å². The molecule has 0 aliphatic heterocycles. The molecule has 2 aromatic rings. The Labute approximate surface area is 88.8 Å². The molecule has 0 fully saturated rings. The topological polar surface area (TPSA) is 12.9 Å². The van der Waals surface area contributed by atoms with Crippen LogP contribution in [0.2, 0.25) is 0 Å². The lowest BCUT2D eigenvalue weighted by Crippen LogP contribution is -2.10. The number of pyridine rings is 1. The highest BCUT2D eigenvalue weighted by molar-refractivity contribution is 7.16. The average Bonchev–Trinajstić information content (AvgIpc) is 2.47. The quantitative estimate of drug-likeness (QED) is 0.688. The predicted molar refractivity (Wildman–Crippen MR) is 62.8 cm³/mol. The van der Waals surface area contributed by atoms with Gasteiger partial charge in [0.05, 0.1) is 0 Å². The first-order chi connectivity index (χ1) is 6.54. The van der Waals surface area contributed by atoms with E-state index in [1.54, 1.807) is 11.3 Å². The summed E-state index contributed by atoms with van der Waals surface area (Å²) in [5, 5.41) is 3.35. The summed E-state index contributed by atoms with van der Waals surface area (Å²) in [6.07, 6.45) is 1.04. The zero-order valence-corrected chi connectivity index (χ0v) is 9.69. The summed E-state index contributed by atoms with van der Waals surface area (Å²) in [4.78, 5) is 5.80. The van der Waals surface area contributed by atoms with Crippen molar-refractivity contribution in [3.63, 3.8) is 0 Å². The molecule has 14 heavy (non-hydrogen) atoms. The monoisotopic (exact) mass is 205 g/mol. The van der Waals surface area contributed by atoms with Crippen LogP contribution in [-0.4, -0.2) is 4.98 Å². The van der Waals surface area contributed by atoms with Crippen LogP contribution in [0.1, 0.15) is 26.5 Å². The Morgan fingerprint density at radius 3 is 2.71 bits per heavy atom. The second-order valence-corrected chi connectivity index (χ2v) is 5.75. The Morgan fingerprint density at radius 1 is 1.21 bits per heavy atom. The normalized spacial score (nSPS) is 12.2. The fraction of sp³-hybridized carbons (Fsp3) is 0.417. The minimum atomic E-state index is 0.317. The van der Waals surface area contributed by atoms with Gasteiger partial charge in [-0.1, -0.05) is 26.8 Å². The first kappa shape index (κ1) is 9.66. The van der Waals surface area contributed by atoms with Crippen LogP contribution >= 0.6 is 11.3 Å². The van der Waals surface area contributed by atoms with Crippen LogP contribution in [-0.2, 0) is 6.42 Å². The SMILES string of the molecule is CC(C)(C)Cc1ccc2ccsc2n1. The average molecular weight is 205 g/mol. The molecule has 0 aliphatic carbocycles. The summed E-state index contributed by atoms with van der Waals surface area (Å²) < 4.78 is 0. The van der Waals surface area contributed by atoms with Crippen molar-refractivity contribution in [2.75, 3.05) is 0 Å². The molecule has 0 amide bonds. The Balaban J connectivity index is 2.35. The summed E-state index contributed by atoms with van der Waals surface area (Å²) in [6.45, 7) is 6.73. The Hall–Kier alpha value is -0.890. The second-order valence-electron chi connectivity index (χ2n) is 4.86. The van der Waals surface area contributed by atoms with Gasteiger partial charge in [-0.25, -0.2) is 4.98 Å². The molecule has 0 saturated heterocycles. The molecular formula is C12H15NS. The lowest BCUT2D eigenvalue weighted by molar-refractivity contribution is 0.407. The van der Waals surface area contributed by atoms with Gasteiger partial charge in [-0.3, -0.25) is 0 Å². The smallest absolute Gasteiger partial charge is 0.123 e. The van der Waals surface area contributed by atoms with Crippen molar-refractivity contribution in [2.24, 2.45) is 5.41 Å². The molecule has 2 heterocycles. The number of thiophene rings is 1. The van der Waals surface area contributed by atoms with E-state index >= 15 is 0 Å². The minimum Gasteiger partial charge on any atom is -0.242 e. The van der Waals surface area contributed by atoms with E-state index in [1.807, 2.05) is 0 Å². The van der Waals surface area contributed by atoms with Gasteiger partial charge >= 0.3 is 0 Å². The van der Waals surface area contributed by atoms with Gasteiger partial charge in [0.1, 0.15) is 4.83 Å². The zero-order chi connectivity index (χ0) is 10.2. The van der Waals surface area contributed by atoms with Gasteiger partial charge in [0.15, 0.2) is 0 Å². The summed E-state index contributed by atoms with van der Waals surface area (Å²) in [7, 11) is 0. The standard InChI is InChI=1S/C12H15NS/c1-12(2,3)8-10-5-4-9-6-7-14-11(9)13-10/h4-7H,8H2,1-3H3. The molecule has 2 rings (SSSR count). The molecule has 0 spiro atoms. The van der Waals surface area contributed by atoms with Crippen LogP contribution in [0, 0.1) is 5.41 Å². The van der Waals surface area contributed by atoms with Gasteiger partial charge < -0.3 is 0 Å². The highest BCUT2D eigenvalue weighted by Gasteiger charge is 2.12. The lowest BCUT2D eigenvalue weighted by atomic mass is 9.90. The van der Waals surface area contributed by atoms with E-state index in [0.717, 1.165) is 11.3 Å². The van der Waals surface area contributed by atoms with E-state index in [-0.39, 0.29) is 0 Å². The maximum atomic E-state index is 4.64. The molecule has 74 valence electrons. The molecule has 0 atom stereocenters. The van der Waals surface area contributed by atoms with Crippen molar-refractivity contribution in [2.45, 2.75) is 27.2 Å². The Morgan fingerprint density at radius 2 is 2.00 bits per heavy atom. The molecular weight excluding hydrogens is 190 g/mol. The number of nitrogens with zero attached hydrogens (tertiary/aromatic N) is 1. The summed E-state index contributed by atoms with van der Waals surface area (Å²) in [6, 6.07) is 6.42. The first-order valence-electron chi connectivity index (χ1n) is 4.88. The van der Waals surface area contributed by atoms with Crippen molar-refractivity contribution in [1.82, 2.24) is 4.98 Å². The highest BCUT2D eigenvalue weighted by Crippen LogP contribution is 2.23. The Bertz CT molecular complexity index is 437. The summed E-state index contributed by atoms with van der Waals surface area (Å²) in [5.41, 5.74) is 1.52. The van der Waals surface area contributed by atoms with Crippen molar-refractivity contribution >= 4 is 21.6 Å². The fourth-order valence-electron chi connectivity index (χ4n) is 1.52. The van der Waals surface area contributed by atoms with Crippen LogP contribution in [0.15, 0.2) is 23.6 Å². The van der Waals surface area contributed by atoms with Gasteiger partial charge in [0.25, 0.3) is 0 Å².